The second kappa shape index (κ2) is 8.47. The lowest BCUT2D eigenvalue weighted by Crippen LogP contribution is -2.46. The Balaban J connectivity index is 1.95. The SMILES string of the molecule is CCOC(=O)c1c(S(=O)(=O)N2CCCC(C(=O)NC3CC3)C2)c(C)n(CC)c1C. The van der Waals surface area contributed by atoms with Crippen molar-refractivity contribution < 1.29 is 22.7 Å². The third-order valence-corrected chi connectivity index (χ3v) is 7.83. The molecule has 2 heterocycles. The first kappa shape index (κ1) is 21.8. The molecule has 0 bridgehead atoms. The molecule has 1 saturated heterocycles. The molecule has 1 aliphatic heterocycles. The highest BCUT2D eigenvalue weighted by Crippen LogP contribution is 2.33. The van der Waals surface area contributed by atoms with Crippen molar-refractivity contribution >= 4 is 21.9 Å². The quantitative estimate of drug-likeness (QED) is 0.674. The summed E-state index contributed by atoms with van der Waals surface area (Å²) in [6.07, 6.45) is 3.27. The zero-order valence-electron chi connectivity index (χ0n) is 17.7. The summed E-state index contributed by atoms with van der Waals surface area (Å²) in [7, 11) is -3.95. The maximum absolute atomic E-state index is 13.6. The van der Waals surface area contributed by atoms with E-state index in [2.05, 4.69) is 5.32 Å². The lowest BCUT2D eigenvalue weighted by Gasteiger charge is -2.31. The number of hydrogen-bond acceptors (Lipinski definition) is 5. The minimum Gasteiger partial charge on any atom is -0.462 e. The molecular formula is C20H31N3O5S. The highest BCUT2D eigenvalue weighted by Gasteiger charge is 2.39. The Kier molecular flexibility index (Phi) is 6.38. The third-order valence-electron chi connectivity index (χ3n) is 5.80. The minimum atomic E-state index is -3.95. The Morgan fingerprint density at radius 1 is 1.14 bits per heavy atom. The van der Waals surface area contributed by atoms with Gasteiger partial charge in [-0.05, 0) is 53.4 Å². The van der Waals surface area contributed by atoms with E-state index in [1.165, 1.54) is 4.31 Å². The number of esters is 1. The number of nitrogens with zero attached hydrogens (tertiary/aromatic N) is 2. The van der Waals surface area contributed by atoms with Crippen molar-refractivity contribution in [2.24, 2.45) is 5.92 Å². The molecule has 29 heavy (non-hydrogen) atoms. The van der Waals surface area contributed by atoms with Gasteiger partial charge in [0.15, 0.2) is 0 Å². The van der Waals surface area contributed by atoms with Crippen molar-refractivity contribution in [1.82, 2.24) is 14.2 Å². The predicted molar refractivity (Wildman–Crippen MR) is 108 cm³/mol. The van der Waals surface area contributed by atoms with Crippen LogP contribution >= 0.6 is 0 Å². The maximum atomic E-state index is 13.6. The summed E-state index contributed by atoms with van der Waals surface area (Å²) in [6, 6.07) is 0.244. The molecule has 1 N–H and O–H groups in total. The van der Waals surface area contributed by atoms with E-state index >= 15 is 0 Å². The van der Waals surface area contributed by atoms with Crippen LogP contribution in [0.15, 0.2) is 4.90 Å². The first-order chi connectivity index (χ1) is 13.7. The Morgan fingerprint density at radius 3 is 2.41 bits per heavy atom. The summed E-state index contributed by atoms with van der Waals surface area (Å²) in [4.78, 5) is 25.1. The Bertz CT molecular complexity index is 902. The summed E-state index contributed by atoms with van der Waals surface area (Å²) in [5.74, 6) is -1.06. The van der Waals surface area contributed by atoms with Crippen LogP contribution in [0.25, 0.3) is 0 Å². The van der Waals surface area contributed by atoms with Crippen LogP contribution in [0.2, 0.25) is 0 Å². The first-order valence-corrected chi connectivity index (χ1v) is 11.8. The Hall–Kier alpha value is -1.87. The van der Waals surface area contributed by atoms with Crippen LogP contribution in [0.1, 0.15) is 61.3 Å². The van der Waals surface area contributed by atoms with Crippen LogP contribution in [0, 0.1) is 19.8 Å². The number of carbonyl (C=O) groups is 2. The van der Waals surface area contributed by atoms with E-state index in [4.69, 9.17) is 4.74 Å². The van der Waals surface area contributed by atoms with E-state index in [0.29, 0.717) is 37.3 Å². The van der Waals surface area contributed by atoms with Gasteiger partial charge in [-0.3, -0.25) is 4.79 Å². The van der Waals surface area contributed by atoms with Crippen LogP contribution in [0.3, 0.4) is 0 Å². The van der Waals surface area contributed by atoms with E-state index < -0.39 is 16.0 Å². The number of rotatable bonds is 7. The van der Waals surface area contributed by atoms with E-state index in [1.54, 1.807) is 20.8 Å². The summed E-state index contributed by atoms with van der Waals surface area (Å²) in [5, 5.41) is 2.98. The molecular weight excluding hydrogens is 394 g/mol. The van der Waals surface area contributed by atoms with Crippen molar-refractivity contribution in [3.63, 3.8) is 0 Å². The lowest BCUT2D eigenvalue weighted by atomic mass is 9.99. The topological polar surface area (TPSA) is 97.7 Å². The molecule has 8 nitrogen and oxygen atoms in total. The molecule has 0 radical (unpaired) electrons. The molecule has 1 atom stereocenters. The van der Waals surface area contributed by atoms with Gasteiger partial charge in [-0.15, -0.1) is 0 Å². The van der Waals surface area contributed by atoms with Gasteiger partial charge in [0.1, 0.15) is 10.5 Å². The number of ether oxygens (including phenoxy) is 1. The molecule has 0 aromatic carbocycles. The standard InChI is InChI=1S/C20H31N3O5S/c1-5-23-13(3)17(20(25)28-6-2)18(14(23)4)29(26,27)22-11-7-8-15(12-22)19(24)21-16-9-10-16/h15-16H,5-12H2,1-4H3,(H,21,24). The summed E-state index contributed by atoms with van der Waals surface area (Å²) >= 11 is 0. The molecule has 1 aromatic rings. The molecule has 2 fully saturated rings. The first-order valence-electron chi connectivity index (χ1n) is 10.4. The Morgan fingerprint density at radius 2 is 1.83 bits per heavy atom. The Labute approximate surface area is 172 Å². The highest BCUT2D eigenvalue weighted by atomic mass is 32.2. The van der Waals surface area contributed by atoms with Gasteiger partial charge in [0.25, 0.3) is 0 Å². The van der Waals surface area contributed by atoms with Gasteiger partial charge in [-0.1, -0.05) is 0 Å². The van der Waals surface area contributed by atoms with Crippen molar-refractivity contribution in [3.05, 3.63) is 17.0 Å². The van der Waals surface area contributed by atoms with Gasteiger partial charge < -0.3 is 14.6 Å². The number of piperidine rings is 1. The molecule has 9 heteroatoms. The van der Waals surface area contributed by atoms with Gasteiger partial charge in [0, 0.05) is 37.1 Å². The fraction of sp³-hybridized carbons (Fsp3) is 0.700. The molecule has 1 saturated carbocycles. The second-order valence-electron chi connectivity index (χ2n) is 7.82. The third kappa shape index (κ3) is 4.21. The fourth-order valence-corrected chi connectivity index (χ4v) is 6.11. The van der Waals surface area contributed by atoms with Crippen LogP contribution in [-0.2, 0) is 26.1 Å². The predicted octanol–water partition coefficient (Wildman–Crippen LogP) is 1.98. The largest absolute Gasteiger partial charge is 0.462 e. The number of nitrogens with one attached hydrogen (secondary N) is 1. The average molecular weight is 426 g/mol. The van der Waals surface area contributed by atoms with Gasteiger partial charge in [-0.2, -0.15) is 4.31 Å². The van der Waals surface area contributed by atoms with Gasteiger partial charge in [0.05, 0.1) is 12.5 Å². The molecule has 1 aliphatic carbocycles. The van der Waals surface area contributed by atoms with Crippen LogP contribution in [0.4, 0.5) is 0 Å². The zero-order valence-corrected chi connectivity index (χ0v) is 18.5. The van der Waals surface area contributed by atoms with Crippen molar-refractivity contribution in [1.29, 1.82) is 0 Å². The molecule has 162 valence electrons. The summed E-state index contributed by atoms with van der Waals surface area (Å²) in [5.41, 5.74) is 1.22. The average Bonchev–Trinajstić information content (AvgIpc) is 3.45. The van der Waals surface area contributed by atoms with E-state index in [-0.39, 0.29) is 41.5 Å². The number of hydrogen-bond donors (Lipinski definition) is 1. The monoisotopic (exact) mass is 425 g/mol. The van der Waals surface area contributed by atoms with Gasteiger partial charge in [0.2, 0.25) is 15.9 Å². The van der Waals surface area contributed by atoms with Gasteiger partial charge >= 0.3 is 5.97 Å². The van der Waals surface area contributed by atoms with Crippen molar-refractivity contribution in [2.75, 3.05) is 19.7 Å². The zero-order chi connectivity index (χ0) is 21.3. The van der Waals surface area contributed by atoms with Crippen molar-refractivity contribution in [2.45, 2.75) is 70.9 Å². The number of amides is 1. The molecule has 2 aliphatic rings. The van der Waals surface area contributed by atoms with E-state index in [1.807, 2.05) is 11.5 Å². The number of aromatic nitrogens is 1. The second-order valence-corrected chi connectivity index (χ2v) is 9.70. The maximum Gasteiger partial charge on any atom is 0.341 e. The molecule has 0 spiro atoms. The smallest absolute Gasteiger partial charge is 0.341 e. The highest BCUT2D eigenvalue weighted by molar-refractivity contribution is 7.89. The minimum absolute atomic E-state index is 0.0125. The fourth-order valence-electron chi connectivity index (χ4n) is 4.14. The molecule has 1 amide bonds. The lowest BCUT2D eigenvalue weighted by molar-refractivity contribution is -0.126. The summed E-state index contributed by atoms with van der Waals surface area (Å²) < 4.78 is 35.5. The molecule has 3 rings (SSSR count). The van der Waals surface area contributed by atoms with E-state index in [0.717, 1.165) is 12.8 Å². The van der Waals surface area contributed by atoms with Gasteiger partial charge in [-0.25, -0.2) is 13.2 Å². The summed E-state index contributed by atoms with van der Waals surface area (Å²) in [6.45, 7) is 8.25. The van der Waals surface area contributed by atoms with Crippen LogP contribution < -0.4 is 5.32 Å². The molecule has 1 aromatic heterocycles. The molecule has 1 unspecified atom stereocenters. The van der Waals surface area contributed by atoms with E-state index in [9.17, 15) is 18.0 Å². The van der Waals surface area contributed by atoms with Crippen LogP contribution in [-0.4, -0.2) is 54.9 Å². The number of sulfonamides is 1. The van der Waals surface area contributed by atoms with Crippen molar-refractivity contribution in [3.8, 4) is 0 Å². The van der Waals surface area contributed by atoms with Crippen LogP contribution in [0.5, 0.6) is 0 Å². The number of carbonyl (C=O) groups excluding carboxylic acids is 2. The normalized spacial score (nSPS) is 20.5.